The van der Waals surface area contributed by atoms with Crippen LogP contribution in [0.3, 0.4) is 0 Å². The maximum atomic E-state index is 13.1. The summed E-state index contributed by atoms with van der Waals surface area (Å²) in [6, 6.07) is 11.8. The lowest BCUT2D eigenvalue weighted by atomic mass is 9.94. The lowest BCUT2D eigenvalue weighted by Gasteiger charge is -2.27. The van der Waals surface area contributed by atoms with Crippen LogP contribution in [0.15, 0.2) is 48.0 Å². The third-order valence-electron chi connectivity index (χ3n) is 5.46. The number of likely N-dealkylation sites (N-methyl/N-ethyl adjacent to an activating group) is 1. The Morgan fingerprint density at radius 1 is 1.09 bits per heavy atom. The lowest BCUT2D eigenvalue weighted by Crippen LogP contribution is -2.35. The minimum atomic E-state index is -0.735. The van der Waals surface area contributed by atoms with Gasteiger partial charge in [-0.2, -0.15) is 0 Å². The topological polar surface area (TPSA) is 79.3 Å². The van der Waals surface area contributed by atoms with Gasteiger partial charge in [-0.1, -0.05) is 35.9 Å². The molecular formula is C25H30N2O5. The first-order chi connectivity index (χ1) is 15.3. The van der Waals surface area contributed by atoms with Gasteiger partial charge in [0.25, 0.3) is 11.7 Å². The molecule has 1 saturated heterocycles. The molecule has 170 valence electrons. The Morgan fingerprint density at radius 3 is 2.38 bits per heavy atom. The number of ether oxygens (including phenoxy) is 2. The molecule has 2 aromatic carbocycles. The fourth-order valence-electron chi connectivity index (χ4n) is 3.76. The van der Waals surface area contributed by atoms with Crippen molar-refractivity contribution in [1.29, 1.82) is 0 Å². The molecule has 0 aromatic heterocycles. The molecular weight excluding hydrogens is 408 g/mol. The molecule has 0 bridgehead atoms. The zero-order chi connectivity index (χ0) is 23.4. The van der Waals surface area contributed by atoms with Crippen LogP contribution in [0.1, 0.15) is 29.7 Å². The summed E-state index contributed by atoms with van der Waals surface area (Å²) < 4.78 is 11.1. The van der Waals surface area contributed by atoms with Gasteiger partial charge in [-0.25, -0.2) is 0 Å². The zero-order valence-corrected chi connectivity index (χ0v) is 19.2. The number of nitrogens with zero attached hydrogens (tertiary/aromatic N) is 2. The van der Waals surface area contributed by atoms with Crippen molar-refractivity contribution in [2.75, 3.05) is 40.9 Å². The van der Waals surface area contributed by atoms with Gasteiger partial charge in [0.1, 0.15) is 5.76 Å². The summed E-state index contributed by atoms with van der Waals surface area (Å²) in [5.41, 5.74) is 2.26. The van der Waals surface area contributed by atoms with Crippen molar-refractivity contribution in [3.63, 3.8) is 0 Å². The van der Waals surface area contributed by atoms with E-state index in [4.69, 9.17) is 9.47 Å². The number of Topliss-reactive ketones (excluding diaryl/α,β-unsaturated/α-hetero) is 1. The van der Waals surface area contributed by atoms with E-state index >= 15 is 0 Å². The molecule has 1 unspecified atom stereocenters. The van der Waals surface area contributed by atoms with Gasteiger partial charge < -0.3 is 24.4 Å². The number of aryl methyl sites for hydroxylation is 1. The first-order valence-electron chi connectivity index (χ1n) is 10.6. The third-order valence-corrected chi connectivity index (χ3v) is 5.46. The molecule has 1 aliphatic rings. The average Bonchev–Trinajstić information content (AvgIpc) is 3.03. The van der Waals surface area contributed by atoms with Gasteiger partial charge in [-0.05, 0) is 45.6 Å². The predicted molar refractivity (Wildman–Crippen MR) is 123 cm³/mol. The van der Waals surface area contributed by atoms with Crippen molar-refractivity contribution in [1.82, 2.24) is 9.80 Å². The smallest absolute Gasteiger partial charge is 0.295 e. The van der Waals surface area contributed by atoms with Gasteiger partial charge in [0.05, 0.1) is 25.3 Å². The number of benzene rings is 2. The van der Waals surface area contributed by atoms with Crippen molar-refractivity contribution >= 4 is 17.4 Å². The lowest BCUT2D eigenvalue weighted by molar-refractivity contribution is -0.140. The summed E-state index contributed by atoms with van der Waals surface area (Å²) >= 11 is 0. The van der Waals surface area contributed by atoms with Crippen LogP contribution in [-0.2, 0) is 9.59 Å². The Hall–Kier alpha value is -3.32. The molecule has 1 fully saturated rings. The van der Waals surface area contributed by atoms with E-state index in [0.29, 0.717) is 42.3 Å². The van der Waals surface area contributed by atoms with E-state index in [2.05, 4.69) is 0 Å². The number of aliphatic hydroxyl groups excluding tert-OH is 1. The number of carbonyl (C=O) groups is 2. The molecule has 0 radical (unpaired) electrons. The molecule has 1 atom stereocenters. The van der Waals surface area contributed by atoms with Crippen LogP contribution < -0.4 is 9.47 Å². The van der Waals surface area contributed by atoms with E-state index in [-0.39, 0.29) is 11.3 Å². The summed E-state index contributed by atoms with van der Waals surface area (Å²) in [7, 11) is 5.34. The number of hydrogen-bond donors (Lipinski definition) is 1. The Morgan fingerprint density at radius 2 is 1.78 bits per heavy atom. The number of rotatable bonds is 8. The first-order valence-corrected chi connectivity index (χ1v) is 10.6. The number of methoxy groups -OCH3 is 1. The molecule has 1 aliphatic heterocycles. The number of aliphatic hydroxyl groups is 1. The van der Waals surface area contributed by atoms with Crippen LogP contribution in [0.25, 0.3) is 5.76 Å². The average molecular weight is 439 g/mol. The Kier molecular flexibility index (Phi) is 7.20. The van der Waals surface area contributed by atoms with Gasteiger partial charge in [0.15, 0.2) is 11.5 Å². The van der Waals surface area contributed by atoms with Gasteiger partial charge in [0, 0.05) is 18.7 Å². The highest BCUT2D eigenvalue weighted by Gasteiger charge is 2.46. The zero-order valence-electron chi connectivity index (χ0n) is 19.2. The number of carbonyl (C=O) groups excluding carboxylic acids is 2. The summed E-state index contributed by atoms with van der Waals surface area (Å²) in [4.78, 5) is 29.5. The standard InChI is InChI=1S/C25H30N2O5/c1-6-32-19-12-11-18(15-20(19)31-5)22-21(23(28)17-9-7-16(2)8-10-17)24(29)25(30)27(22)14-13-26(3)4/h7-12,15,22,28H,6,13-14H2,1-5H3/b23-21+. The number of amides is 1. The molecule has 0 aliphatic carbocycles. The summed E-state index contributed by atoms with van der Waals surface area (Å²) in [5, 5.41) is 11.1. The maximum absolute atomic E-state index is 13.1. The van der Waals surface area contributed by atoms with Crippen molar-refractivity contribution < 1.29 is 24.2 Å². The number of ketones is 1. The van der Waals surface area contributed by atoms with Gasteiger partial charge in [0.2, 0.25) is 0 Å². The first kappa shape index (κ1) is 23.3. The minimum Gasteiger partial charge on any atom is -0.507 e. The highest BCUT2D eigenvalue weighted by Crippen LogP contribution is 2.41. The second-order valence-corrected chi connectivity index (χ2v) is 8.01. The highest BCUT2D eigenvalue weighted by atomic mass is 16.5. The molecule has 1 amide bonds. The minimum absolute atomic E-state index is 0.0730. The van der Waals surface area contributed by atoms with Crippen molar-refractivity contribution in [2.24, 2.45) is 0 Å². The molecule has 3 rings (SSSR count). The summed E-state index contributed by atoms with van der Waals surface area (Å²) in [6.07, 6.45) is 0. The van der Waals surface area contributed by atoms with Gasteiger partial charge in [-0.3, -0.25) is 9.59 Å². The summed E-state index contributed by atoms with van der Waals surface area (Å²) in [6.45, 7) is 5.20. The quantitative estimate of drug-likeness (QED) is 0.387. The summed E-state index contributed by atoms with van der Waals surface area (Å²) in [5.74, 6) is -0.438. The molecule has 7 heteroatoms. The molecule has 7 nitrogen and oxygen atoms in total. The predicted octanol–water partition coefficient (Wildman–Crippen LogP) is 3.39. The van der Waals surface area contributed by atoms with Gasteiger partial charge in [-0.15, -0.1) is 0 Å². The molecule has 1 N–H and O–H groups in total. The largest absolute Gasteiger partial charge is 0.507 e. The van der Waals surface area contributed by atoms with E-state index in [1.54, 1.807) is 30.3 Å². The van der Waals surface area contributed by atoms with Gasteiger partial charge >= 0.3 is 0 Å². The third kappa shape index (κ3) is 4.62. The number of hydrogen-bond acceptors (Lipinski definition) is 6. The molecule has 1 heterocycles. The second kappa shape index (κ2) is 9.87. The van der Waals surface area contributed by atoms with E-state index in [1.165, 1.54) is 12.0 Å². The van der Waals surface area contributed by atoms with Crippen LogP contribution in [0.2, 0.25) is 0 Å². The van der Waals surface area contributed by atoms with Crippen LogP contribution in [-0.4, -0.2) is 67.5 Å². The van der Waals surface area contributed by atoms with E-state index in [1.807, 2.05) is 45.0 Å². The van der Waals surface area contributed by atoms with Crippen LogP contribution in [0.4, 0.5) is 0 Å². The SMILES string of the molecule is CCOc1ccc(C2/C(=C(\O)c3ccc(C)cc3)C(=O)C(=O)N2CCN(C)C)cc1OC. The monoisotopic (exact) mass is 438 g/mol. The Labute approximate surface area is 188 Å². The Balaban J connectivity index is 2.16. The number of likely N-dealkylation sites (tertiary alicyclic amines) is 1. The van der Waals surface area contributed by atoms with Crippen molar-refractivity contribution in [2.45, 2.75) is 19.9 Å². The second-order valence-electron chi connectivity index (χ2n) is 8.01. The van der Waals surface area contributed by atoms with E-state index < -0.39 is 17.7 Å². The fourth-order valence-corrected chi connectivity index (χ4v) is 3.76. The van der Waals surface area contributed by atoms with Crippen molar-refractivity contribution in [3.8, 4) is 11.5 Å². The van der Waals surface area contributed by atoms with E-state index in [9.17, 15) is 14.7 Å². The fraction of sp³-hybridized carbons (Fsp3) is 0.360. The molecule has 0 saturated carbocycles. The molecule has 32 heavy (non-hydrogen) atoms. The van der Waals surface area contributed by atoms with Crippen LogP contribution >= 0.6 is 0 Å². The maximum Gasteiger partial charge on any atom is 0.295 e. The molecule has 0 spiro atoms. The molecule has 2 aromatic rings. The Bertz CT molecular complexity index is 1030. The highest BCUT2D eigenvalue weighted by molar-refractivity contribution is 6.46. The normalized spacial score (nSPS) is 17.8. The van der Waals surface area contributed by atoms with Crippen LogP contribution in [0.5, 0.6) is 11.5 Å². The van der Waals surface area contributed by atoms with Crippen LogP contribution in [0, 0.1) is 6.92 Å². The van der Waals surface area contributed by atoms with E-state index in [0.717, 1.165) is 5.56 Å². The van der Waals surface area contributed by atoms with Crippen molar-refractivity contribution in [3.05, 3.63) is 64.7 Å².